The topological polar surface area (TPSA) is 310 Å². The molecular weight excluding hydrogens is 1230 g/mol. The van der Waals surface area contributed by atoms with Crippen LogP contribution in [0.3, 0.4) is 0 Å². The molecule has 1 amide bonds. The van der Waals surface area contributed by atoms with E-state index < -0.39 is 152 Å². The highest BCUT2D eigenvalue weighted by Crippen LogP contribution is 2.76. The summed E-state index contributed by atoms with van der Waals surface area (Å²) in [4.78, 5) is 43.4. The van der Waals surface area contributed by atoms with Gasteiger partial charge in [0, 0.05) is 0 Å². The zero-order valence-corrected chi connectivity index (χ0v) is 59.8. The molecule has 19 unspecified atom stereocenters. The number of ether oxygens (including phenoxy) is 7. The van der Waals surface area contributed by atoms with E-state index in [1.54, 1.807) is 0 Å². The molecule has 0 bridgehead atoms. The van der Waals surface area contributed by atoms with Crippen LogP contribution in [0.5, 0.6) is 0 Å². The molecule has 10 N–H and O–H groups in total. The van der Waals surface area contributed by atoms with Crippen molar-refractivity contribution in [3.05, 3.63) is 11.6 Å². The number of rotatable bonds is 15. The Bertz CT molecular complexity index is 2820. The third-order valence-electron chi connectivity index (χ3n) is 30.4. The molecule has 0 aromatic rings. The van der Waals surface area contributed by atoms with Crippen molar-refractivity contribution >= 4 is 18.3 Å². The monoisotopic (exact) mass is 1350 g/mol. The quantitative estimate of drug-likeness (QED) is 0.0417. The SMILES string of the molecule is CC(C)CCC[C@@H](C)C1CCC2[C@H]3CCC4C[C@@H](OC(=O)N[C@H]5C(CO)O[C@@H](OC(=O)[C@]67CCC(C)(C)CC6C6=CCC8C9(C)CC[C@H](O)[C@](C)(C=O)[C@@H]9CCC8(C)[C@]6(C)CC7O)C(O[C@@H]6OC(C)[C@H](O[C@@H]7OC[C@@H](O)C(O)C7O)C(O)C6O)C5O)CCC4(C)C3CCC2(C)C1. The molecule has 546 valence electrons. The predicted molar refractivity (Wildman–Crippen MR) is 353 cm³/mol. The van der Waals surface area contributed by atoms with Crippen molar-refractivity contribution in [1.82, 2.24) is 5.32 Å². The number of nitrogens with one attached hydrogen (secondary N) is 1. The second kappa shape index (κ2) is 27.0. The van der Waals surface area contributed by atoms with E-state index in [-0.39, 0.29) is 46.3 Å². The average molecular weight is 1350 g/mol. The Morgan fingerprint density at radius 1 is 0.677 bits per heavy atom. The molecule has 12 rings (SSSR count). The highest BCUT2D eigenvalue weighted by molar-refractivity contribution is 5.80. The maximum absolute atomic E-state index is 16.0. The van der Waals surface area contributed by atoms with Crippen LogP contribution in [-0.4, -0.2) is 182 Å². The maximum Gasteiger partial charge on any atom is 0.407 e. The van der Waals surface area contributed by atoms with Crippen molar-refractivity contribution in [3.63, 3.8) is 0 Å². The van der Waals surface area contributed by atoms with Gasteiger partial charge in [-0.15, -0.1) is 0 Å². The van der Waals surface area contributed by atoms with Crippen molar-refractivity contribution in [2.45, 2.75) is 329 Å². The van der Waals surface area contributed by atoms with E-state index in [2.05, 4.69) is 80.6 Å². The highest BCUT2D eigenvalue weighted by Gasteiger charge is 2.73. The number of carbonyl (C=O) groups is 3. The molecule has 20 heteroatoms. The van der Waals surface area contributed by atoms with Gasteiger partial charge in [0.2, 0.25) is 6.29 Å². The van der Waals surface area contributed by atoms with E-state index in [9.17, 15) is 55.5 Å². The van der Waals surface area contributed by atoms with Gasteiger partial charge in [-0.05, 0) is 221 Å². The molecular formula is C76H123NO19. The third-order valence-corrected chi connectivity index (χ3v) is 30.4. The van der Waals surface area contributed by atoms with Crippen molar-refractivity contribution in [1.29, 1.82) is 0 Å². The molecule has 0 aromatic carbocycles. The Hall–Kier alpha value is -2.41. The van der Waals surface area contributed by atoms with Gasteiger partial charge in [-0.3, -0.25) is 4.79 Å². The molecule has 9 aliphatic carbocycles. The Morgan fingerprint density at radius 2 is 1.40 bits per heavy atom. The first-order chi connectivity index (χ1) is 45.1. The molecule has 20 nitrogen and oxygen atoms in total. The summed E-state index contributed by atoms with van der Waals surface area (Å²) in [5, 5.41) is 106. The Morgan fingerprint density at radius 3 is 2.11 bits per heavy atom. The van der Waals surface area contributed by atoms with Crippen LogP contribution in [0.2, 0.25) is 0 Å². The van der Waals surface area contributed by atoms with E-state index in [0.29, 0.717) is 61.7 Å². The summed E-state index contributed by atoms with van der Waals surface area (Å²) in [5.41, 5.74) is -2.41. The van der Waals surface area contributed by atoms with E-state index in [0.717, 1.165) is 67.6 Å². The van der Waals surface area contributed by atoms with Crippen LogP contribution in [-0.2, 0) is 42.7 Å². The fraction of sp³-hybridized carbons (Fsp3) is 0.934. The minimum atomic E-state index is -1.95. The van der Waals surface area contributed by atoms with Crippen molar-refractivity contribution in [2.75, 3.05) is 13.2 Å². The number of esters is 1. The van der Waals surface area contributed by atoms with Crippen molar-refractivity contribution < 1.29 is 93.5 Å². The molecule has 0 radical (unpaired) electrons. The maximum atomic E-state index is 16.0. The van der Waals surface area contributed by atoms with Gasteiger partial charge in [-0.25, -0.2) is 4.79 Å². The summed E-state index contributed by atoms with van der Waals surface area (Å²) in [6.07, 6.45) is -1.43. The smallest absolute Gasteiger partial charge is 0.407 e. The molecule has 0 aromatic heterocycles. The Balaban J connectivity index is 0.775. The van der Waals surface area contributed by atoms with Crippen LogP contribution >= 0.6 is 0 Å². The largest absolute Gasteiger partial charge is 0.446 e. The van der Waals surface area contributed by atoms with E-state index in [1.165, 1.54) is 64.7 Å². The summed E-state index contributed by atoms with van der Waals surface area (Å²) in [5.74, 6) is 3.42. The van der Waals surface area contributed by atoms with Crippen LogP contribution in [0.4, 0.5) is 4.79 Å². The van der Waals surface area contributed by atoms with Gasteiger partial charge < -0.3 is 89.2 Å². The fourth-order valence-corrected chi connectivity index (χ4v) is 24.3. The lowest BCUT2D eigenvalue weighted by Crippen LogP contribution is -2.69. The van der Waals surface area contributed by atoms with Gasteiger partial charge in [0.05, 0.1) is 43.0 Å². The molecule has 33 atom stereocenters. The number of fused-ring (bicyclic) bond motifs is 12. The number of amides is 1. The average Bonchev–Trinajstić information content (AvgIpc) is 0.672. The number of aliphatic hydroxyl groups is 9. The summed E-state index contributed by atoms with van der Waals surface area (Å²) in [6.45, 7) is 25.7. The van der Waals surface area contributed by atoms with Gasteiger partial charge in [0.25, 0.3) is 0 Å². The lowest BCUT2D eigenvalue weighted by molar-refractivity contribution is -0.370. The van der Waals surface area contributed by atoms with E-state index in [4.69, 9.17) is 33.2 Å². The summed E-state index contributed by atoms with van der Waals surface area (Å²) < 4.78 is 43.5. The number of aldehydes is 1. The lowest BCUT2D eigenvalue weighted by atomic mass is 9.33. The lowest BCUT2D eigenvalue weighted by Gasteiger charge is -2.71. The summed E-state index contributed by atoms with van der Waals surface area (Å²) in [6, 6.07) is -1.45. The van der Waals surface area contributed by atoms with Gasteiger partial charge in [-0.1, -0.05) is 107 Å². The zero-order chi connectivity index (χ0) is 69.4. The molecule has 0 spiro atoms. The van der Waals surface area contributed by atoms with E-state index in [1.807, 2.05) is 6.92 Å². The summed E-state index contributed by atoms with van der Waals surface area (Å²) >= 11 is 0. The number of hydrogen-bond donors (Lipinski definition) is 10. The number of aliphatic hydroxyl groups excluding tert-OH is 9. The predicted octanol–water partition coefficient (Wildman–Crippen LogP) is 8.57. The van der Waals surface area contributed by atoms with Gasteiger partial charge in [0.15, 0.2) is 18.7 Å². The second-order valence-corrected chi connectivity index (χ2v) is 36.4. The second-order valence-electron chi connectivity index (χ2n) is 36.4. The molecule has 12 aliphatic rings. The first kappa shape index (κ1) is 73.3. The molecule has 96 heavy (non-hydrogen) atoms. The van der Waals surface area contributed by atoms with Gasteiger partial charge in [0.1, 0.15) is 66.6 Å². The first-order valence-electron chi connectivity index (χ1n) is 37.8. The van der Waals surface area contributed by atoms with Gasteiger partial charge >= 0.3 is 12.1 Å². The number of allylic oxidation sites excluding steroid dienone is 2. The molecule has 11 fully saturated rings. The Labute approximate surface area is 570 Å². The minimum absolute atomic E-state index is 0.0452. The zero-order valence-electron chi connectivity index (χ0n) is 59.8. The third kappa shape index (κ3) is 12.3. The molecule has 3 heterocycles. The summed E-state index contributed by atoms with van der Waals surface area (Å²) in [7, 11) is 0. The number of hydrogen-bond acceptors (Lipinski definition) is 19. The van der Waals surface area contributed by atoms with Crippen molar-refractivity contribution in [2.24, 2.45) is 102 Å². The molecule has 8 saturated carbocycles. The molecule has 3 saturated heterocycles. The standard InChI is InChI=1S/C76H123NO19/c1-39(2)14-13-15-40(3)42-16-19-46-45-18-17-43-32-44(22-27-71(43,8)47(45)23-26-70(46,7)33-42)92-68(89)77-56-51(36-78)93-66(63(58(56)84)95-65-61(87)59(85)62(41(4)91-65)94-64-60(86)57(83)50(80)37-90-64)96-67(88)76-31-30-69(5,6)34-49(76)48-20-21-53-72(9)28-25-54(81)73(10,38-79)52(72)24-29-74(53,11)75(48,12)35-55(76)82/h20,38-47,49-66,78,80-87H,13-19,21-37H2,1-12H3,(H,77,89)/t40-,41?,42?,43?,44+,45-,46?,47?,49?,50-,51?,52-,53?,54+,55?,56+,57?,58?,59?,60?,61?,62+,63?,64+,65+,66+,70?,71?,72?,73-,74?,75-,76-/m1/s1. The normalized spacial score (nSPS) is 52.4. The number of carbonyl (C=O) groups excluding carboxylic acids is 3. The van der Waals surface area contributed by atoms with Crippen LogP contribution in [0.1, 0.15) is 224 Å². The van der Waals surface area contributed by atoms with Crippen molar-refractivity contribution in [3.8, 4) is 0 Å². The van der Waals surface area contributed by atoms with E-state index >= 15 is 4.79 Å². The van der Waals surface area contributed by atoms with Crippen LogP contribution in [0.25, 0.3) is 0 Å². The van der Waals surface area contributed by atoms with Crippen LogP contribution in [0, 0.1) is 102 Å². The van der Waals surface area contributed by atoms with Crippen LogP contribution < -0.4 is 5.32 Å². The Kier molecular flexibility index (Phi) is 20.6. The minimum Gasteiger partial charge on any atom is -0.446 e. The first-order valence-corrected chi connectivity index (χ1v) is 37.8. The molecule has 3 aliphatic heterocycles. The van der Waals surface area contributed by atoms with Gasteiger partial charge in [-0.2, -0.15) is 0 Å². The highest BCUT2D eigenvalue weighted by atomic mass is 16.8. The fourth-order valence-electron chi connectivity index (χ4n) is 24.3. The number of alkyl carbamates (subject to hydrolysis) is 1. The van der Waals surface area contributed by atoms with Crippen LogP contribution in [0.15, 0.2) is 11.6 Å².